The van der Waals surface area contributed by atoms with Gasteiger partial charge in [-0.15, -0.1) is 0 Å². The Morgan fingerprint density at radius 2 is 2.13 bits per heavy atom. The Balaban J connectivity index is 2.17. The molecule has 1 aliphatic rings. The number of aromatic hydroxyl groups is 1. The lowest BCUT2D eigenvalue weighted by molar-refractivity contribution is -0.154. The van der Waals surface area contributed by atoms with Gasteiger partial charge in [-0.3, -0.25) is 4.79 Å². The molecule has 2 rings (SSSR count). The van der Waals surface area contributed by atoms with E-state index >= 15 is 0 Å². The Morgan fingerprint density at radius 1 is 1.40 bits per heavy atom. The van der Waals surface area contributed by atoms with Crippen LogP contribution in [0.25, 0.3) is 0 Å². The van der Waals surface area contributed by atoms with Gasteiger partial charge in [-0.05, 0) is 31.6 Å². The van der Waals surface area contributed by atoms with Gasteiger partial charge in [-0.25, -0.2) is 9.78 Å². The molecule has 1 amide bonds. The summed E-state index contributed by atoms with van der Waals surface area (Å²) in [6.07, 6.45) is 3.99. The molecule has 0 spiro atoms. The second kappa shape index (κ2) is 11.2. The SMILES string of the molecule is CCC[C@H]1COC[C@H](NC(=O)c2nccc(OC)c2O)C(=O)O[C@@H](C)[C@@H]1CC(C)C. The van der Waals surface area contributed by atoms with Crippen LogP contribution in [-0.4, -0.2) is 54.4 Å². The molecule has 1 aliphatic heterocycles. The number of nitrogens with zero attached hydrogens (tertiary/aromatic N) is 1. The number of hydrogen-bond donors (Lipinski definition) is 2. The quantitative estimate of drug-likeness (QED) is 0.651. The first-order valence-corrected chi connectivity index (χ1v) is 10.6. The van der Waals surface area contributed by atoms with Crippen LogP contribution < -0.4 is 10.1 Å². The predicted molar refractivity (Wildman–Crippen MR) is 111 cm³/mol. The van der Waals surface area contributed by atoms with E-state index in [1.54, 1.807) is 0 Å². The number of carbonyl (C=O) groups excluding carboxylic acids is 2. The molecule has 4 atom stereocenters. The maximum atomic E-state index is 12.8. The van der Waals surface area contributed by atoms with Crippen molar-refractivity contribution in [2.45, 2.75) is 59.1 Å². The molecule has 2 N–H and O–H groups in total. The Kier molecular flexibility index (Phi) is 8.89. The molecule has 1 aromatic heterocycles. The summed E-state index contributed by atoms with van der Waals surface area (Å²) in [5, 5.41) is 12.7. The monoisotopic (exact) mass is 422 g/mol. The number of esters is 1. The molecule has 0 saturated carbocycles. The number of nitrogens with one attached hydrogen (secondary N) is 1. The van der Waals surface area contributed by atoms with Gasteiger partial charge in [0, 0.05) is 24.8 Å². The highest BCUT2D eigenvalue weighted by atomic mass is 16.6. The maximum Gasteiger partial charge on any atom is 0.331 e. The summed E-state index contributed by atoms with van der Waals surface area (Å²) in [6, 6.07) is 0.445. The molecule has 1 fully saturated rings. The van der Waals surface area contributed by atoms with Crippen molar-refractivity contribution in [1.29, 1.82) is 0 Å². The van der Waals surface area contributed by atoms with Crippen molar-refractivity contribution in [2.75, 3.05) is 20.3 Å². The minimum absolute atomic E-state index is 0.00334. The number of ether oxygens (including phenoxy) is 3. The van der Waals surface area contributed by atoms with Crippen LogP contribution >= 0.6 is 0 Å². The van der Waals surface area contributed by atoms with Crippen LogP contribution in [0.2, 0.25) is 0 Å². The van der Waals surface area contributed by atoms with Gasteiger partial charge in [0.2, 0.25) is 0 Å². The molecule has 0 unspecified atom stereocenters. The van der Waals surface area contributed by atoms with Crippen molar-refractivity contribution in [3.8, 4) is 11.5 Å². The van der Waals surface area contributed by atoms with Crippen LogP contribution in [0, 0.1) is 17.8 Å². The van der Waals surface area contributed by atoms with E-state index in [1.165, 1.54) is 19.4 Å². The van der Waals surface area contributed by atoms with Gasteiger partial charge in [0.25, 0.3) is 5.91 Å². The first-order valence-electron chi connectivity index (χ1n) is 10.6. The lowest BCUT2D eigenvalue weighted by Crippen LogP contribution is -2.46. The summed E-state index contributed by atoms with van der Waals surface area (Å²) in [5.74, 6) is -0.587. The van der Waals surface area contributed by atoms with Crippen LogP contribution in [0.15, 0.2) is 12.3 Å². The lowest BCUT2D eigenvalue weighted by Gasteiger charge is -2.31. The highest BCUT2D eigenvalue weighted by Gasteiger charge is 2.35. The summed E-state index contributed by atoms with van der Waals surface area (Å²) in [7, 11) is 1.38. The van der Waals surface area contributed by atoms with Crippen molar-refractivity contribution >= 4 is 11.9 Å². The number of amides is 1. The Bertz CT molecular complexity index is 724. The van der Waals surface area contributed by atoms with Crippen molar-refractivity contribution in [3.63, 3.8) is 0 Å². The zero-order chi connectivity index (χ0) is 22.3. The molecule has 8 heteroatoms. The predicted octanol–water partition coefficient (Wildman–Crippen LogP) is 2.93. The second-order valence-electron chi connectivity index (χ2n) is 8.26. The average molecular weight is 423 g/mol. The smallest absolute Gasteiger partial charge is 0.331 e. The number of hydrogen-bond acceptors (Lipinski definition) is 7. The van der Waals surface area contributed by atoms with Crippen LogP contribution in [0.1, 0.15) is 57.4 Å². The molecule has 30 heavy (non-hydrogen) atoms. The lowest BCUT2D eigenvalue weighted by atomic mass is 9.80. The highest BCUT2D eigenvalue weighted by molar-refractivity contribution is 5.98. The molecule has 0 bridgehead atoms. The van der Waals surface area contributed by atoms with Crippen molar-refractivity contribution in [3.05, 3.63) is 18.0 Å². The third-order valence-corrected chi connectivity index (χ3v) is 5.44. The molecular weight excluding hydrogens is 388 g/mol. The van der Waals surface area contributed by atoms with E-state index in [-0.39, 0.29) is 41.7 Å². The summed E-state index contributed by atoms with van der Waals surface area (Å²) in [5.41, 5.74) is -0.225. The van der Waals surface area contributed by atoms with Gasteiger partial charge >= 0.3 is 5.97 Å². The molecule has 1 aromatic rings. The van der Waals surface area contributed by atoms with E-state index in [2.05, 4.69) is 31.1 Å². The molecule has 8 nitrogen and oxygen atoms in total. The maximum absolute atomic E-state index is 12.8. The third-order valence-electron chi connectivity index (χ3n) is 5.44. The first kappa shape index (κ1) is 23.9. The summed E-state index contributed by atoms with van der Waals surface area (Å²) in [4.78, 5) is 29.3. The molecule has 168 valence electrons. The topological polar surface area (TPSA) is 107 Å². The largest absolute Gasteiger partial charge is 0.503 e. The normalized spacial score (nSPS) is 25.1. The van der Waals surface area contributed by atoms with Crippen molar-refractivity contribution in [1.82, 2.24) is 10.3 Å². The van der Waals surface area contributed by atoms with Gasteiger partial charge in [0.1, 0.15) is 6.10 Å². The number of carbonyl (C=O) groups is 2. The fourth-order valence-electron chi connectivity index (χ4n) is 3.96. The number of cyclic esters (lactones) is 1. The van der Waals surface area contributed by atoms with E-state index in [1.807, 2.05) is 6.92 Å². The Labute approximate surface area is 178 Å². The molecule has 1 saturated heterocycles. The average Bonchev–Trinajstić information content (AvgIpc) is 2.74. The van der Waals surface area contributed by atoms with E-state index in [9.17, 15) is 14.7 Å². The molecular formula is C22H34N2O6. The number of pyridine rings is 1. The number of rotatable bonds is 7. The standard InChI is InChI=1S/C22H34N2O6/c1-6-7-15-11-29-12-17(22(27)30-14(4)16(15)10-13(2)3)24-21(26)19-20(25)18(28-5)8-9-23-19/h8-9,13-17,25H,6-7,10-12H2,1-5H3,(H,24,26)/t14-,15-,16-,17-/m0/s1. The molecule has 2 heterocycles. The minimum atomic E-state index is -0.993. The van der Waals surface area contributed by atoms with Gasteiger partial charge in [-0.1, -0.05) is 27.2 Å². The third kappa shape index (κ3) is 6.08. The molecule has 0 aromatic carbocycles. The number of aromatic nitrogens is 1. The van der Waals surface area contributed by atoms with E-state index in [0.717, 1.165) is 19.3 Å². The van der Waals surface area contributed by atoms with Crippen LogP contribution in [-0.2, 0) is 14.3 Å². The van der Waals surface area contributed by atoms with Gasteiger partial charge in [-0.2, -0.15) is 0 Å². The fraction of sp³-hybridized carbons (Fsp3) is 0.682. The van der Waals surface area contributed by atoms with Gasteiger partial charge in [0.05, 0.1) is 13.7 Å². The van der Waals surface area contributed by atoms with E-state index in [4.69, 9.17) is 14.2 Å². The zero-order valence-corrected chi connectivity index (χ0v) is 18.5. The highest BCUT2D eigenvalue weighted by Crippen LogP contribution is 2.31. The number of methoxy groups -OCH3 is 1. The van der Waals surface area contributed by atoms with Crippen molar-refractivity contribution in [2.24, 2.45) is 17.8 Å². The van der Waals surface area contributed by atoms with Gasteiger partial charge in [0.15, 0.2) is 23.2 Å². The zero-order valence-electron chi connectivity index (χ0n) is 18.5. The second-order valence-corrected chi connectivity index (χ2v) is 8.26. The van der Waals surface area contributed by atoms with Crippen LogP contribution in [0.5, 0.6) is 11.5 Å². The van der Waals surface area contributed by atoms with Crippen molar-refractivity contribution < 1.29 is 28.9 Å². The van der Waals surface area contributed by atoms with Crippen LogP contribution in [0.4, 0.5) is 0 Å². The summed E-state index contributed by atoms with van der Waals surface area (Å²) < 4.78 is 16.6. The Hall–Kier alpha value is -2.35. The molecule has 0 aliphatic carbocycles. The summed E-state index contributed by atoms with van der Waals surface area (Å²) in [6.45, 7) is 8.85. The minimum Gasteiger partial charge on any atom is -0.503 e. The van der Waals surface area contributed by atoms with Gasteiger partial charge < -0.3 is 24.6 Å². The fourth-order valence-corrected chi connectivity index (χ4v) is 3.96. The van der Waals surface area contributed by atoms with Crippen LogP contribution in [0.3, 0.4) is 0 Å². The molecule has 0 radical (unpaired) electrons. The first-order chi connectivity index (χ1) is 14.3. The Morgan fingerprint density at radius 3 is 2.77 bits per heavy atom. The van der Waals surface area contributed by atoms with E-state index < -0.39 is 17.9 Å². The van der Waals surface area contributed by atoms with E-state index in [0.29, 0.717) is 12.5 Å². The summed E-state index contributed by atoms with van der Waals surface area (Å²) >= 11 is 0.